The maximum absolute atomic E-state index is 12.0. The first-order chi connectivity index (χ1) is 7.38. The molecule has 2 bridgehead atoms. The number of hydrogen-bond acceptors (Lipinski definition) is 3. The van der Waals surface area contributed by atoms with Gasteiger partial charge in [0.1, 0.15) is 5.60 Å². The summed E-state index contributed by atoms with van der Waals surface area (Å²) in [6, 6.07) is -0.130. The third kappa shape index (κ3) is 2.06. The van der Waals surface area contributed by atoms with Gasteiger partial charge in [-0.05, 0) is 40.0 Å². The van der Waals surface area contributed by atoms with E-state index in [1.165, 1.54) is 0 Å². The fraction of sp³-hybridized carbons (Fsp3) is 0.833. The average Bonchev–Trinajstić information content (AvgIpc) is 2.31. The number of carbonyl (C=O) groups is 2. The second-order valence-electron chi connectivity index (χ2n) is 5.66. The smallest absolute Gasteiger partial charge is 0.411 e. The van der Waals surface area contributed by atoms with Crippen molar-refractivity contribution in [2.45, 2.75) is 64.1 Å². The number of amides is 1. The van der Waals surface area contributed by atoms with Gasteiger partial charge in [-0.3, -0.25) is 9.69 Å². The Morgan fingerprint density at radius 1 is 1.38 bits per heavy atom. The van der Waals surface area contributed by atoms with Gasteiger partial charge in [-0.2, -0.15) is 0 Å². The molecule has 0 saturated carbocycles. The first-order valence-electron chi connectivity index (χ1n) is 5.92. The highest BCUT2D eigenvalue weighted by Gasteiger charge is 2.46. The number of Topliss-reactive ketones (excluding diaryl/α,β-unsaturated/α-hetero) is 1. The van der Waals surface area contributed by atoms with Gasteiger partial charge >= 0.3 is 6.09 Å². The maximum atomic E-state index is 12.0. The predicted molar refractivity (Wildman–Crippen MR) is 59.1 cm³/mol. The summed E-state index contributed by atoms with van der Waals surface area (Å²) < 4.78 is 5.34. The Balaban J connectivity index is 2.10. The summed E-state index contributed by atoms with van der Waals surface area (Å²) >= 11 is 0. The van der Waals surface area contributed by atoms with Crippen LogP contribution in [0.25, 0.3) is 0 Å². The normalized spacial score (nSPS) is 29.4. The van der Waals surface area contributed by atoms with E-state index >= 15 is 0 Å². The van der Waals surface area contributed by atoms with Gasteiger partial charge in [-0.1, -0.05) is 0 Å². The Bertz CT molecular complexity index is 319. The number of rotatable bonds is 0. The van der Waals surface area contributed by atoms with Crippen molar-refractivity contribution in [3.05, 3.63) is 0 Å². The minimum atomic E-state index is -0.489. The number of ether oxygens (including phenoxy) is 1. The van der Waals surface area contributed by atoms with E-state index < -0.39 is 5.60 Å². The number of piperidine rings is 1. The molecule has 2 atom stereocenters. The number of carbonyl (C=O) groups excluding carboxylic acids is 2. The Morgan fingerprint density at radius 2 is 2.06 bits per heavy atom. The molecule has 0 aromatic carbocycles. The quantitative estimate of drug-likeness (QED) is 0.634. The average molecular weight is 225 g/mol. The fourth-order valence-electron chi connectivity index (χ4n) is 2.56. The van der Waals surface area contributed by atoms with Crippen molar-refractivity contribution >= 4 is 11.9 Å². The van der Waals surface area contributed by atoms with Crippen molar-refractivity contribution in [1.82, 2.24) is 4.90 Å². The van der Waals surface area contributed by atoms with Crippen LogP contribution < -0.4 is 0 Å². The van der Waals surface area contributed by atoms with Gasteiger partial charge in [0.2, 0.25) is 0 Å². The number of ketones is 1. The van der Waals surface area contributed by atoms with Crippen LogP contribution in [0.3, 0.4) is 0 Å². The van der Waals surface area contributed by atoms with E-state index in [-0.39, 0.29) is 24.0 Å². The molecule has 2 fully saturated rings. The first kappa shape index (κ1) is 11.4. The van der Waals surface area contributed by atoms with E-state index in [0.717, 1.165) is 19.3 Å². The highest BCUT2D eigenvalue weighted by molar-refractivity contribution is 5.91. The van der Waals surface area contributed by atoms with Gasteiger partial charge in [-0.15, -0.1) is 0 Å². The molecule has 2 saturated heterocycles. The fourth-order valence-corrected chi connectivity index (χ4v) is 2.56. The van der Waals surface area contributed by atoms with Crippen LogP contribution in [0.4, 0.5) is 4.79 Å². The second-order valence-corrected chi connectivity index (χ2v) is 5.66. The molecule has 2 rings (SSSR count). The molecule has 90 valence electrons. The van der Waals surface area contributed by atoms with E-state index in [4.69, 9.17) is 4.74 Å². The van der Waals surface area contributed by atoms with Crippen LogP contribution in [0, 0.1) is 0 Å². The van der Waals surface area contributed by atoms with Crippen LogP contribution in [0.5, 0.6) is 0 Å². The molecule has 4 nitrogen and oxygen atoms in total. The lowest BCUT2D eigenvalue weighted by molar-refractivity contribution is -0.120. The molecule has 1 amide bonds. The number of nitrogens with zero attached hydrogens (tertiary/aromatic N) is 1. The lowest BCUT2D eigenvalue weighted by Crippen LogP contribution is -2.47. The van der Waals surface area contributed by atoms with Crippen LogP contribution in [0.1, 0.15) is 46.5 Å². The van der Waals surface area contributed by atoms with Crippen LogP contribution in [-0.2, 0) is 9.53 Å². The van der Waals surface area contributed by atoms with Crippen molar-refractivity contribution in [2.24, 2.45) is 0 Å². The molecule has 2 aliphatic rings. The predicted octanol–water partition coefficient (Wildman–Crippen LogP) is 2.12. The topological polar surface area (TPSA) is 46.6 Å². The zero-order valence-electron chi connectivity index (χ0n) is 10.2. The van der Waals surface area contributed by atoms with E-state index in [0.29, 0.717) is 6.42 Å². The monoisotopic (exact) mass is 225 g/mol. The summed E-state index contributed by atoms with van der Waals surface area (Å²) in [5.74, 6) is 0.202. The molecule has 0 aliphatic carbocycles. The van der Waals surface area contributed by atoms with Gasteiger partial charge < -0.3 is 4.74 Å². The molecule has 16 heavy (non-hydrogen) atoms. The highest BCUT2D eigenvalue weighted by Crippen LogP contribution is 2.34. The molecule has 2 heterocycles. The molecular formula is C12H19NO3. The minimum Gasteiger partial charge on any atom is -0.444 e. The van der Waals surface area contributed by atoms with E-state index in [1.807, 2.05) is 20.8 Å². The summed E-state index contributed by atoms with van der Waals surface area (Å²) in [5, 5.41) is 0. The SMILES string of the molecule is CC(C)(C)OC(=O)N1C2CCCC1C(=O)C2. The van der Waals surface area contributed by atoms with E-state index in [9.17, 15) is 9.59 Å². The van der Waals surface area contributed by atoms with Crippen LogP contribution in [0.2, 0.25) is 0 Å². The molecule has 2 unspecified atom stereocenters. The summed E-state index contributed by atoms with van der Waals surface area (Å²) in [7, 11) is 0. The van der Waals surface area contributed by atoms with Gasteiger partial charge in [0.15, 0.2) is 5.78 Å². The van der Waals surface area contributed by atoms with Crippen molar-refractivity contribution < 1.29 is 14.3 Å². The van der Waals surface area contributed by atoms with Gasteiger partial charge in [0.25, 0.3) is 0 Å². The highest BCUT2D eigenvalue weighted by atomic mass is 16.6. The van der Waals surface area contributed by atoms with Crippen molar-refractivity contribution in [3.63, 3.8) is 0 Å². The maximum Gasteiger partial charge on any atom is 0.411 e. The first-order valence-corrected chi connectivity index (χ1v) is 5.92. The molecule has 4 heteroatoms. The Hall–Kier alpha value is -1.06. The van der Waals surface area contributed by atoms with Crippen LogP contribution in [0.15, 0.2) is 0 Å². The largest absolute Gasteiger partial charge is 0.444 e. The summed E-state index contributed by atoms with van der Waals surface area (Å²) in [4.78, 5) is 25.3. The Labute approximate surface area is 95.9 Å². The van der Waals surface area contributed by atoms with E-state index in [2.05, 4.69) is 0 Å². The molecule has 0 aromatic heterocycles. The molecule has 0 N–H and O–H groups in total. The zero-order chi connectivity index (χ0) is 11.9. The molecular weight excluding hydrogens is 206 g/mol. The number of fused-ring (bicyclic) bond motifs is 2. The van der Waals surface area contributed by atoms with Crippen molar-refractivity contribution in [3.8, 4) is 0 Å². The van der Waals surface area contributed by atoms with Crippen molar-refractivity contribution in [1.29, 1.82) is 0 Å². The van der Waals surface area contributed by atoms with Crippen LogP contribution in [-0.4, -0.2) is 34.5 Å². The van der Waals surface area contributed by atoms with E-state index in [1.54, 1.807) is 4.90 Å². The number of hydrogen-bond donors (Lipinski definition) is 0. The van der Waals surface area contributed by atoms with Crippen molar-refractivity contribution in [2.75, 3.05) is 0 Å². The lowest BCUT2D eigenvalue weighted by Gasteiger charge is -2.34. The van der Waals surface area contributed by atoms with Gasteiger partial charge in [-0.25, -0.2) is 4.79 Å². The standard InChI is InChI=1S/C12H19NO3/c1-12(2,3)16-11(15)13-8-5-4-6-9(13)10(14)7-8/h8-9H,4-7H2,1-3H3. The molecule has 0 radical (unpaired) electrons. The van der Waals surface area contributed by atoms with Gasteiger partial charge in [0.05, 0.1) is 6.04 Å². The van der Waals surface area contributed by atoms with Crippen LogP contribution >= 0.6 is 0 Å². The molecule has 0 aromatic rings. The summed E-state index contributed by atoms with van der Waals surface area (Å²) in [5.41, 5.74) is -0.489. The Morgan fingerprint density at radius 3 is 2.62 bits per heavy atom. The molecule has 2 aliphatic heterocycles. The third-order valence-corrected chi connectivity index (χ3v) is 3.16. The second kappa shape index (κ2) is 3.75. The zero-order valence-corrected chi connectivity index (χ0v) is 10.2. The molecule has 0 spiro atoms. The lowest BCUT2D eigenvalue weighted by atomic mass is 10.0. The summed E-state index contributed by atoms with van der Waals surface area (Å²) in [6.07, 6.45) is 2.97. The minimum absolute atomic E-state index is 0.0844. The third-order valence-electron chi connectivity index (χ3n) is 3.16. The Kier molecular flexibility index (Phi) is 2.68. The summed E-state index contributed by atoms with van der Waals surface area (Å²) in [6.45, 7) is 5.54. The van der Waals surface area contributed by atoms with Gasteiger partial charge in [0, 0.05) is 12.5 Å².